The van der Waals surface area contributed by atoms with Crippen molar-refractivity contribution in [3.05, 3.63) is 0 Å². The van der Waals surface area contributed by atoms with E-state index < -0.39 is 10.0 Å². The van der Waals surface area contributed by atoms with Gasteiger partial charge in [-0.3, -0.25) is 0 Å². The highest BCUT2D eigenvalue weighted by Crippen LogP contribution is 2.62. The normalized spacial score (nSPS) is 23.0. The van der Waals surface area contributed by atoms with E-state index in [4.69, 9.17) is 0 Å². The maximum Gasteiger partial charge on any atom is 0.213 e. The second-order valence-corrected chi connectivity index (χ2v) is 8.30. The minimum Gasteiger partial charge on any atom is -0.313 e. The summed E-state index contributed by atoms with van der Waals surface area (Å²) >= 11 is 0. The molecule has 1 aliphatic rings. The van der Waals surface area contributed by atoms with Gasteiger partial charge in [0.2, 0.25) is 10.0 Å². The predicted molar refractivity (Wildman–Crippen MR) is 71.4 cm³/mol. The summed E-state index contributed by atoms with van der Waals surface area (Å²) in [7, 11) is -3.17. The number of nitrogens with one attached hydrogen (secondary N) is 2. The summed E-state index contributed by atoms with van der Waals surface area (Å²) in [4.78, 5) is 0. The van der Waals surface area contributed by atoms with E-state index in [1.54, 1.807) is 0 Å². The molecule has 0 heterocycles. The average molecular weight is 262 g/mol. The van der Waals surface area contributed by atoms with E-state index in [9.17, 15) is 8.42 Å². The Labute approximate surface area is 106 Å². The van der Waals surface area contributed by atoms with Gasteiger partial charge in [-0.15, -0.1) is 0 Å². The van der Waals surface area contributed by atoms with Gasteiger partial charge in [0.1, 0.15) is 0 Å². The van der Waals surface area contributed by atoms with Crippen molar-refractivity contribution >= 4 is 10.0 Å². The SMILES string of the molecule is CC(C)NCCS(=O)(=O)NC1C(C)(C)C1(C)C. The molecule has 5 heteroatoms. The molecule has 0 saturated heterocycles. The quantitative estimate of drug-likeness (QED) is 0.759. The zero-order valence-electron chi connectivity index (χ0n) is 11.8. The van der Waals surface area contributed by atoms with Crippen LogP contribution in [0, 0.1) is 10.8 Å². The van der Waals surface area contributed by atoms with E-state index in [0.29, 0.717) is 12.6 Å². The van der Waals surface area contributed by atoms with Gasteiger partial charge in [0.05, 0.1) is 5.75 Å². The Bertz CT molecular complexity index is 358. The third-order valence-electron chi connectivity index (χ3n) is 4.24. The summed E-state index contributed by atoms with van der Waals surface area (Å²) in [5.74, 6) is 0.147. The van der Waals surface area contributed by atoms with Crippen molar-refractivity contribution in [2.24, 2.45) is 10.8 Å². The Kier molecular flexibility index (Phi) is 3.97. The summed E-state index contributed by atoms with van der Waals surface area (Å²) in [6, 6.07) is 0.373. The summed E-state index contributed by atoms with van der Waals surface area (Å²) in [5, 5.41) is 3.12. The van der Waals surface area contributed by atoms with Crippen LogP contribution in [-0.2, 0) is 10.0 Å². The fraction of sp³-hybridized carbons (Fsp3) is 1.00. The second kappa shape index (κ2) is 4.52. The molecule has 0 aromatic carbocycles. The van der Waals surface area contributed by atoms with E-state index in [2.05, 4.69) is 37.7 Å². The topological polar surface area (TPSA) is 58.2 Å². The molecule has 0 aromatic rings. The molecule has 4 nitrogen and oxygen atoms in total. The van der Waals surface area contributed by atoms with Crippen LogP contribution in [0.5, 0.6) is 0 Å². The Morgan fingerprint density at radius 3 is 1.94 bits per heavy atom. The van der Waals surface area contributed by atoms with E-state index >= 15 is 0 Å². The van der Waals surface area contributed by atoms with Crippen molar-refractivity contribution in [3.63, 3.8) is 0 Å². The molecule has 1 fully saturated rings. The van der Waals surface area contributed by atoms with E-state index in [1.807, 2.05) is 13.8 Å². The monoisotopic (exact) mass is 262 g/mol. The molecule has 0 amide bonds. The minimum atomic E-state index is -3.17. The van der Waals surface area contributed by atoms with Gasteiger partial charge in [0.15, 0.2) is 0 Å². The van der Waals surface area contributed by atoms with Crippen LogP contribution < -0.4 is 10.0 Å². The van der Waals surface area contributed by atoms with Crippen LogP contribution in [0.3, 0.4) is 0 Å². The highest BCUT2D eigenvalue weighted by atomic mass is 32.2. The highest BCUT2D eigenvalue weighted by molar-refractivity contribution is 7.89. The Hall–Kier alpha value is -0.130. The molecule has 0 aromatic heterocycles. The number of rotatable bonds is 6. The van der Waals surface area contributed by atoms with Crippen LogP contribution in [0.2, 0.25) is 0 Å². The minimum absolute atomic E-state index is 0.0472. The molecule has 1 rings (SSSR count). The molecule has 0 radical (unpaired) electrons. The highest BCUT2D eigenvalue weighted by Gasteiger charge is 2.65. The predicted octanol–water partition coefficient (Wildman–Crippen LogP) is 1.34. The van der Waals surface area contributed by atoms with E-state index in [1.165, 1.54) is 0 Å². The van der Waals surface area contributed by atoms with Crippen LogP contribution in [-0.4, -0.2) is 32.8 Å². The van der Waals surface area contributed by atoms with Gasteiger partial charge in [-0.2, -0.15) is 0 Å². The molecular formula is C12H26N2O2S. The van der Waals surface area contributed by atoms with Crippen molar-refractivity contribution in [1.29, 1.82) is 0 Å². The van der Waals surface area contributed by atoms with Gasteiger partial charge < -0.3 is 5.32 Å². The van der Waals surface area contributed by atoms with Gasteiger partial charge in [-0.1, -0.05) is 41.5 Å². The zero-order valence-corrected chi connectivity index (χ0v) is 12.6. The molecule has 0 spiro atoms. The zero-order chi connectivity index (χ0) is 13.5. The van der Waals surface area contributed by atoms with Gasteiger partial charge in [0.25, 0.3) is 0 Å². The molecule has 0 unspecified atom stereocenters. The van der Waals surface area contributed by atoms with Gasteiger partial charge in [0, 0.05) is 18.6 Å². The Morgan fingerprint density at radius 2 is 1.59 bits per heavy atom. The fourth-order valence-corrected chi connectivity index (χ4v) is 3.66. The first kappa shape index (κ1) is 14.9. The largest absolute Gasteiger partial charge is 0.313 e. The molecule has 1 aliphatic carbocycles. The molecule has 17 heavy (non-hydrogen) atoms. The molecule has 2 N–H and O–H groups in total. The lowest BCUT2D eigenvalue weighted by Gasteiger charge is -2.10. The first-order valence-electron chi connectivity index (χ1n) is 6.24. The Balaban J connectivity index is 2.47. The van der Waals surface area contributed by atoms with Crippen molar-refractivity contribution in [1.82, 2.24) is 10.0 Å². The summed E-state index contributed by atoms with van der Waals surface area (Å²) in [6.45, 7) is 12.9. The lowest BCUT2D eigenvalue weighted by Crippen LogP contribution is -2.37. The number of hydrogen-bond donors (Lipinski definition) is 2. The number of hydrogen-bond acceptors (Lipinski definition) is 3. The summed E-state index contributed by atoms with van der Waals surface area (Å²) in [5.41, 5.74) is 0.0943. The second-order valence-electron chi connectivity index (χ2n) is 6.42. The summed E-state index contributed by atoms with van der Waals surface area (Å²) < 4.78 is 26.6. The molecule has 0 atom stereocenters. The van der Waals surface area contributed by atoms with E-state index in [0.717, 1.165) is 0 Å². The lowest BCUT2D eigenvalue weighted by molar-refractivity contribution is 0.457. The van der Waals surface area contributed by atoms with Gasteiger partial charge >= 0.3 is 0 Å². The lowest BCUT2D eigenvalue weighted by atomic mass is 10.0. The van der Waals surface area contributed by atoms with Crippen molar-refractivity contribution in [3.8, 4) is 0 Å². The molecule has 102 valence electrons. The standard InChI is InChI=1S/C12H26N2O2S/c1-9(2)13-7-8-17(15,16)14-10-11(3,4)12(10,5)6/h9-10,13-14H,7-8H2,1-6H3. The molecule has 0 aliphatic heterocycles. The smallest absolute Gasteiger partial charge is 0.213 e. The van der Waals surface area contributed by atoms with Crippen molar-refractivity contribution < 1.29 is 8.42 Å². The van der Waals surface area contributed by atoms with Crippen LogP contribution in [0.25, 0.3) is 0 Å². The maximum absolute atomic E-state index is 11.9. The maximum atomic E-state index is 11.9. The van der Waals surface area contributed by atoms with Gasteiger partial charge in [-0.25, -0.2) is 13.1 Å². The average Bonchev–Trinajstić information content (AvgIpc) is 2.46. The molecular weight excluding hydrogens is 236 g/mol. The third-order valence-corrected chi connectivity index (χ3v) is 5.58. The molecule has 0 bridgehead atoms. The van der Waals surface area contributed by atoms with Crippen LogP contribution in [0.4, 0.5) is 0 Å². The van der Waals surface area contributed by atoms with E-state index in [-0.39, 0.29) is 22.6 Å². The first-order chi connectivity index (χ1) is 7.51. The van der Waals surface area contributed by atoms with Gasteiger partial charge in [-0.05, 0) is 10.8 Å². The van der Waals surface area contributed by atoms with Crippen LogP contribution in [0.15, 0.2) is 0 Å². The van der Waals surface area contributed by atoms with Crippen molar-refractivity contribution in [2.75, 3.05) is 12.3 Å². The summed E-state index contributed by atoms with van der Waals surface area (Å²) in [6.07, 6.45) is 0. The van der Waals surface area contributed by atoms with Crippen molar-refractivity contribution in [2.45, 2.75) is 53.6 Å². The van der Waals surface area contributed by atoms with Crippen LogP contribution >= 0.6 is 0 Å². The van der Waals surface area contributed by atoms with Crippen LogP contribution in [0.1, 0.15) is 41.5 Å². The Morgan fingerprint density at radius 1 is 1.12 bits per heavy atom. The molecule has 1 saturated carbocycles. The third kappa shape index (κ3) is 3.20. The fourth-order valence-electron chi connectivity index (χ4n) is 2.21. The number of sulfonamides is 1. The first-order valence-corrected chi connectivity index (χ1v) is 7.89.